The summed E-state index contributed by atoms with van der Waals surface area (Å²) in [5.74, 6) is -0.144. The van der Waals surface area contributed by atoms with Gasteiger partial charge >= 0.3 is 0 Å². The van der Waals surface area contributed by atoms with E-state index in [1.54, 1.807) is 18.5 Å². The maximum absolute atomic E-state index is 11.7. The summed E-state index contributed by atoms with van der Waals surface area (Å²) in [7, 11) is 0. The Morgan fingerprint density at radius 2 is 2.20 bits per heavy atom. The molecule has 8 heteroatoms. The summed E-state index contributed by atoms with van der Waals surface area (Å²) in [6.07, 6.45) is 4.74. The molecule has 0 aliphatic carbocycles. The van der Waals surface area contributed by atoms with Gasteiger partial charge in [-0.3, -0.25) is 14.6 Å². The van der Waals surface area contributed by atoms with Gasteiger partial charge in [-0.05, 0) is 11.6 Å². The van der Waals surface area contributed by atoms with Crippen molar-refractivity contribution in [3.05, 3.63) is 36.3 Å². The molecule has 0 unspecified atom stereocenters. The van der Waals surface area contributed by atoms with Crippen LogP contribution in [0.1, 0.15) is 12.5 Å². The van der Waals surface area contributed by atoms with Gasteiger partial charge in [-0.2, -0.15) is 9.90 Å². The van der Waals surface area contributed by atoms with Crippen LogP contribution < -0.4 is 10.6 Å². The van der Waals surface area contributed by atoms with E-state index in [-0.39, 0.29) is 18.4 Å². The normalized spacial score (nSPS) is 10.1. The molecular weight excluding hydrogens is 260 g/mol. The number of nitrogens with one attached hydrogen (secondary N) is 2. The van der Waals surface area contributed by atoms with Gasteiger partial charge in [0.15, 0.2) is 5.82 Å². The van der Waals surface area contributed by atoms with E-state index in [1.807, 2.05) is 6.07 Å². The number of nitrogens with zero attached hydrogens (tertiary/aromatic N) is 4. The highest BCUT2D eigenvalue weighted by Crippen LogP contribution is 1.98. The molecule has 0 fully saturated rings. The van der Waals surface area contributed by atoms with Gasteiger partial charge in [-0.25, -0.2) is 0 Å². The lowest BCUT2D eigenvalue weighted by molar-refractivity contribution is -0.122. The minimum atomic E-state index is -0.238. The smallest absolute Gasteiger partial charge is 0.243 e. The monoisotopic (exact) mass is 274 g/mol. The van der Waals surface area contributed by atoms with Crippen molar-refractivity contribution < 1.29 is 9.59 Å². The minimum Gasteiger partial charge on any atom is -0.350 e. The zero-order valence-electron chi connectivity index (χ0n) is 10.9. The second-order valence-corrected chi connectivity index (χ2v) is 4.08. The molecule has 0 aromatic carbocycles. The van der Waals surface area contributed by atoms with Gasteiger partial charge in [0.1, 0.15) is 6.54 Å². The van der Waals surface area contributed by atoms with Gasteiger partial charge in [0.05, 0.1) is 6.20 Å². The number of aromatic nitrogens is 4. The predicted octanol–water partition coefficient (Wildman–Crippen LogP) is -0.0521. The van der Waals surface area contributed by atoms with Crippen LogP contribution in [0.4, 0.5) is 5.82 Å². The fraction of sp³-hybridized carbons (Fsp3) is 0.250. The second kappa shape index (κ2) is 6.41. The van der Waals surface area contributed by atoms with E-state index in [4.69, 9.17) is 0 Å². The molecule has 0 atom stereocenters. The van der Waals surface area contributed by atoms with Crippen molar-refractivity contribution in [3.63, 3.8) is 0 Å². The van der Waals surface area contributed by atoms with Crippen LogP contribution in [0.25, 0.3) is 0 Å². The Bertz CT molecular complexity index is 595. The Kier molecular flexibility index (Phi) is 4.38. The number of anilines is 1. The molecule has 0 bridgehead atoms. The number of amides is 2. The van der Waals surface area contributed by atoms with Crippen LogP contribution in [0.3, 0.4) is 0 Å². The predicted molar refractivity (Wildman–Crippen MR) is 70.4 cm³/mol. The SMILES string of the molecule is CC(=O)Nc1cnn(CC(=O)NCc2cccnc2)n1. The molecule has 20 heavy (non-hydrogen) atoms. The summed E-state index contributed by atoms with van der Waals surface area (Å²) >= 11 is 0. The Morgan fingerprint density at radius 3 is 2.90 bits per heavy atom. The fourth-order valence-corrected chi connectivity index (χ4v) is 1.50. The third-order valence-electron chi connectivity index (χ3n) is 2.34. The maximum atomic E-state index is 11.7. The van der Waals surface area contributed by atoms with E-state index in [9.17, 15) is 9.59 Å². The van der Waals surface area contributed by atoms with Crippen molar-refractivity contribution in [3.8, 4) is 0 Å². The van der Waals surface area contributed by atoms with E-state index in [2.05, 4.69) is 25.8 Å². The van der Waals surface area contributed by atoms with Gasteiger partial charge in [0, 0.05) is 25.9 Å². The van der Waals surface area contributed by atoms with Crippen LogP contribution in [-0.2, 0) is 22.7 Å². The van der Waals surface area contributed by atoms with Crippen molar-refractivity contribution in [2.24, 2.45) is 0 Å². The van der Waals surface area contributed by atoms with E-state index in [1.165, 1.54) is 17.9 Å². The molecule has 0 aliphatic heterocycles. The largest absolute Gasteiger partial charge is 0.350 e. The van der Waals surface area contributed by atoms with Crippen molar-refractivity contribution >= 4 is 17.6 Å². The van der Waals surface area contributed by atoms with Gasteiger partial charge in [0.2, 0.25) is 11.8 Å². The summed E-state index contributed by atoms with van der Waals surface area (Å²) in [4.78, 5) is 27.7. The van der Waals surface area contributed by atoms with Gasteiger partial charge < -0.3 is 10.6 Å². The molecule has 8 nitrogen and oxygen atoms in total. The first kappa shape index (κ1) is 13.7. The van der Waals surface area contributed by atoms with E-state index >= 15 is 0 Å². The van der Waals surface area contributed by atoms with Crippen molar-refractivity contribution in [1.29, 1.82) is 0 Å². The molecule has 0 saturated heterocycles. The third-order valence-corrected chi connectivity index (χ3v) is 2.34. The quantitative estimate of drug-likeness (QED) is 0.795. The summed E-state index contributed by atoms with van der Waals surface area (Å²) < 4.78 is 0. The molecule has 0 saturated carbocycles. The van der Waals surface area contributed by atoms with Crippen LogP contribution in [0.5, 0.6) is 0 Å². The number of hydrogen-bond acceptors (Lipinski definition) is 5. The molecule has 2 heterocycles. The van der Waals surface area contributed by atoms with Crippen molar-refractivity contribution in [2.45, 2.75) is 20.0 Å². The van der Waals surface area contributed by atoms with E-state index in [0.717, 1.165) is 5.56 Å². The summed E-state index contributed by atoms with van der Waals surface area (Å²) in [5, 5.41) is 13.0. The average Bonchev–Trinajstić information content (AvgIpc) is 2.84. The topological polar surface area (TPSA) is 102 Å². The number of hydrogen-bond donors (Lipinski definition) is 2. The molecule has 0 radical (unpaired) electrons. The number of pyridine rings is 1. The van der Waals surface area contributed by atoms with E-state index in [0.29, 0.717) is 12.4 Å². The summed E-state index contributed by atoms with van der Waals surface area (Å²) in [6.45, 7) is 1.76. The van der Waals surface area contributed by atoms with Crippen LogP contribution in [0.15, 0.2) is 30.7 Å². The standard InChI is InChI=1S/C12H14N6O2/c1-9(19)16-11-7-15-18(17-11)8-12(20)14-6-10-3-2-4-13-5-10/h2-5,7H,6,8H2,1H3,(H,14,20)(H,16,17,19). The lowest BCUT2D eigenvalue weighted by Crippen LogP contribution is -2.28. The highest BCUT2D eigenvalue weighted by Gasteiger charge is 2.06. The lowest BCUT2D eigenvalue weighted by Gasteiger charge is -2.04. The molecule has 2 rings (SSSR count). The van der Waals surface area contributed by atoms with Gasteiger partial charge in [-0.15, -0.1) is 5.10 Å². The first-order valence-corrected chi connectivity index (χ1v) is 5.97. The van der Waals surface area contributed by atoms with Crippen molar-refractivity contribution in [1.82, 2.24) is 25.3 Å². The lowest BCUT2D eigenvalue weighted by atomic mass is 10.3. The Balaban J connectivity index is 1.82. The molecule has 104 valence electrons. The highest BCUT2D eigenvalue weighted by atomic mass is 16.2. The number of rotatable bonds is 5. The molecular formula is C12H14N6O2. The van der Waals surface area contributed by atoms with Crippen LogP contribution in [-0.4, -0.2) is 31.8 Å². The maximum Gasteiger partial charge on any atom is 0.243 e. The first-order chi connectivity index (χ1) is 9.63. The van der Waals surface area contributed by atoms with Crippen molar-refractivity contribution in [2.75, 3.05) is 5.32 Å². The minimum absolute atomic E-state index is 0.0140. The molecule has 0 spiro atoms. The molecule has 0 aliphatic rings. The highest BCUT2D eigenvalue weighted by molar-refractivity contribution is 5.87. The van der Waals surface area contributed by atoms with Gasteiger partial charge in [0.25, 0.3) is 0 Å². The Hall–Kier alpha value is -2.77. The van der Waals surface area contributed by atoms with Crippen LogP contribution in [0, 0.1) is 0 Å². The molecule has 2 aromatic rings. The second-order valence-electron chi connectivity index (χ2n) is 4.08. The summed E-state index contributed by atoms with van der Waals surface area (Å²) in [6, 6.07) is 3.67. The zero-order chi connectivity index (χ0) is 14.4. The number of carbonyl (C=O) groups excluding carboxylic acids is 2. The first-order valence-electron chi connectivity index (χ1n) is 5.97. The third kappa shape index (κ3) is 4.16. The average molecular weight is 274 g/mol. The fourth-order valence-electron chi connectivity index (χ4n) is 1.50. The van der Waals surface area contributed by atoms with E-state index < -0.39 is 0 Å². The Morgan fingerprint density at radius 1 is 1.35 bits per heavy atom. The Labute approximate surface area is 115 Å². The summed E-state index contributed by atoms with van der Waals surface area (Å²) in [5.41, 5.74) is 0.910. The zero-order valence-corrected chi connectivity index (χ0v) is 10.9. The molecule has 2 amide bonds. The number of carbonyl (C=O) groups is 2. The van der Waals surface area contributed by atoms with Gasteiger partial charge in [-0.1, -0.05) is 6.07 Å². The van der Waals surface area contributed by atoms with Crippen LogP contribution >= 0.6 is 0 Å². The molecule has 2 aromatic heterocycles. The molecule has 2 N–H and O–H groups in total. The van der Waals surface area contributed by atoms with Crippen LogP contribution in [0.2, 0.25) is 0 Å².